The third-order valence-electron chi connectivity index (χ3n) is 6.30. The van der Waals surface area contributed by atoms with Crippen LogP contribution in [0.4, 0.5) is 37.8 Å². The number of nitrogens with one attached hydrogen (secondary N) is 1. The fraction of sp³-hybridized carbons (Fsp3) is 0.375. The molecule has 0 saturated carbocycles. The molecule has 0 aliphatic carbocycles. The molecule has 3 aliphatic rings. The summed E-state index contributed by atoms with van der Waals surface area (Å²) in [4.78, 5) is 16.9. The van der Waals surface area contributed by atoms with Gasteiger partial charge in [-0.25, -0.2) is 15.0 Å². The zero-order valence-corrected chi connectivity index (χ0v) is 18.9. The number of aliphatic imine (C=N–C) groups is 2. The van der Waals surface area contributed by atoms with Crippen molar-refractivity contribution in [3.8, 4) is 0 Å². The number of fused-ring (bicyclic) bond motifs is 1. The second kappa shape index (κ2) is 9.14. The van der Waals surface area contributed by atoms with Crippen molar-refractivity contribution in [3.05, 3.63) is 65.4 Å². The van der Waals surface area contributed by atoms with Crippen LogP contribution < -0.4 is 10.2 Å². The minimum absolute atomic E-state index is 0.147. The van der Waals surface area contributed by atoms with Gasteiger partial charge in [0.2, 0.25) is 5.96 Å². The maximum Gasteiger partial charge on any atom is 0.419 e. The minimum atomic E-state index is -4.55. The third kappa shape index (κ3) is 4.89. The highest BCUT2D eigenvalue weighted by atomic mass is 19.4. The Kier molecular flexibility index (Phi) is 6.13. The van der Waals surface area contributed by atoms with Gasteiger partial charge < -0.3 is 15.1 Å². The van der Waals surface area contributed by atoms with Crippen molar-refractivity contribution in [2.45, 2.75) is 31.4 Å². The quantitative estimate of drug-likeness (QED) is 0.579. The van der Waals surface area contributed by atoms with Gasteiger partial charge in [-0.2, -0.15) is 26.3 Å². The van der Waals surface area contributed by atoms with Gasteiger partial charge in [-0.15, -0.1) is 0 Å². The fourth-order valence-electron chi connectivity index (χ4n) is 4.28. The van der Waals surface area contributed by atoms with E-state index in [1.54, 1.807) is 11.0 Å². The highest BCUT2D eigenvalue weighted by molar-refractivity contribution is 6.10. The van der Waals surface area contributed by atoms with E-state index in [1.807, 2.05) is 4.90 Å². The van der Waals surface area contributed by atoms with Crippen LogP contribution >= 0.6 is 0 Å². The smallest absolute Gasteiger partial charge is 0.360 e. The highest BCUT2D eigenvalue weighted by Gasteiger charge is 2.37. The molecule has 36 heavy (non-hydrogen) atoms. The Balaban J connectivity index is 1.44. The van der Waals surface area contributed by atoms with E-state index in [1.165, 1.54) is 24.4 Å². The van der Waals surface area contributed by atoms with Crippen molar-refractivity contribution in [3.63, 3.8) is 0 Å². The van der Waals surface area contributed by atoms with Gasteiger partial charge >= 0.3 is 12.4 Å². The van der Waals surface area contributed by atoms with Crippen molar-refractivity contribution in [1.29, 1.82) is 0 Å². The number of benzene rings is 1. The molecule has 12 heteroatoms. The van der Waals surface area contributed by atoms with Crippen LogP contribution in [-0.2, 0) is 12.4 Å². The molecule has 1 aromatic carbocycles. The predicted molar refractivity (Wildman–Crippen MR) is 124 cm³/mol. The number of alkyl halides is 6. The van der Waals surface area contributed by atoms with Crippen molar-refractivity contribution < 1.29 is 26.3 Å². The molecule has 4 heterocycles. The lowest BCUT2D eigenvalue weighted by atomic mass is 10.0. The second-order valence-corrected chi connectivity index (χ2v) is 8.68. The molecule has 1 aromatic heterocycles. The van der Waals surface area contributed by atoms with Gasteiger partial charge in [-0.05, 0) is 42.8 Å². The highest BCUT2D eigenvalue weighted by Crippen LogP contribution is 2.36. The summed E-state index contributed by atoms with van der Waals surface area (Å²) >= 11 is 0. The van der Waals surface area contributed by atoms with Gasteiger partial charge in [-0.1, -0.05) is 6.08 Å². The van der Waals surface area contributed by atoms with Crippen molar-refractivity contribution in [1.82, 2.24) is 9.88 Å². The van der Waals surface area contributed by atoms with E-state index < -0.39 is 29.6 Å². The van der Waals surface area contributed by atoms with Gasteiger partial charge in [-0.3, -0.25) is 0 Å². The Bertz CT molecular complexity index is 1210. The number of hydrogen-bond acceptors (Lipinski definition) is 6. The summed E-state index contributed by atoms with van der Waals surface area (Å²) in [7, 11) is 0. The molecular weight excluding hydrogens is 486 g/mol. The normalized spacial score (nSPS) is 20.5. The van der Waals surface area contributed by atoms with Crippen LogP contribution in [0, 0.1) is 0 Å². The maximum atomic E-state index is 13.6. The average molecular weight is 508 g/mol. The SMILES string of the molecule is FC(F)(F)c1ccc(NC2N=C(N3CCC3)N=C3CCN(c4ncccc4C(F)(F)F)CC=C32)cc1. The van der Waals surface area contributed by atoms with E-state index in [2.05, 4.69) is 15.3 Å². The molecule has 3 aliphatic heterocycles. The topological polar surface area (TPSA) is 56.1 Å². The number of anilines is 2. The molecule has 0 amide bonds. The number of hydrogen-bond donors (Lipinski definition) is 1. The molecule has 2 aromatic rings. The molecule has 190 valence electrons. The fourth-order valence-corrected chi connectivity index (χ4v) is 4.28. The molecule has 0 radical (unpaired) electrons. The number of rotatable bonds is 3. The Labute approximate surface area is 203 Å². The van der Waals surface area contributed by atoms with Crippen LogP contribution in [0.15, 0.2) is 64.2 Å². The molecule has 6 nitrogen and oxygen atoms in total. The molecule has 0 bridgehead atoms. The number of likely N-dealkylation sites (tertiary alicyclic amines) is 1. The third-order valence-corrected chi connectivity index (χ3v) is 6.30. The molecule has 0 spiro atoms. The first-order chi connectivity index (χ1) is 17.1. The summed E-state index contributed by atoms with van der Waals surface area (Å²) in [6, 6.07) is 6.90. The molecule has 1 unspecified atom stereocenters. The van der Waals surface area contributed by atoms with E-state index in [0.717, 1.165) is 37.7 Å². The number of nitrogens with zero attached hydrogens (tertiary/aromatic N) is 5. The van der Waals surface area contributed by atoms with E-state index in [9.17, 15) is 26.3 Å². The molecule has 1 fully saturated rings. The zero-order valence-electron chi connectivity index (χ0n) is 18.9. The van der Waals surface area contributed by atoms with Crippen molar-refractivity contribution in [2.75, 3.05) is 36.4 Å². The molecule has 5 rings (SSSR count). The van der Waals surface area contributed by atoms with Gasteiger partial charge in [0.1, 0.15) is 12.0 Å². The Morgan fingerprint density at radius 2 is 1.64 bits per heavy atom. The van der Waals surface area contributed by atoms with E-state index in [4.69, 9.17) is 4.99 Å². The molecular formula is C24H22F6N6. The summed E-state index contributed by atoms with van der Waals surface area (Å²) in [6.45, 7) is 1.99. The Morgan fingerprint density at radius 1 is 0.889 bits per heavy atom. The first-order valence-electron chi connectivity index (χ1n) is 11.4. The largest absolute Gasteiger partial charge is 0.419 e. The lowest BCUT2D eigenvalue weighted by Gasteiger charge is -2.35. The summed E-state index contributed by atoms with van der Waals surface area (Å²) < 4.78 is 79.6. The van der Waals surface area contributed by atoms with Gasteiger partial charge in [0.25, 0.3) is 0 Å². The van der Waals surface area contributed by atoms with Crippen molar-refractivity contribution >= 4 is 23.2 Å². The van der Waals surface area contributed by atoms with Gasteiger partial charge in [0.15, 0.2) is 0 Å². The lowest BCUT2D eigenvalue weighted by Crippen LogP contribution is -2.45. The number of pyridine rings is 1. The van der Waals surface area contributed by atoms with Crippen LogP contribution in [0.25, 0.3) is 0 Å². The molecule has 1 atom stereocenters. The van der Waals surface area contributed by atoms with Gasteiger partial charge in [0.05, 0.1) is 16.8 Å². The molecule has 1 saturated heterocycles. The summed E-state index contributed by atoms with van der Waals surface area (Å²) in [5.41, 5.74) is 0.234. The van der Waals surface area contributed by atoms with E-state index in [-0.39, 0.29) is 18.9 Å². The first-order valence-corrected chi connectivity index (χ1v) is 11.4. The molecule has 1 N–H and O–H groups in total. The number of halogens is 6. The summed E-state index contributed by atoms with van der Waals surface area (Å²) in [5.74, 6) is 0.359. The van der Waals surface area contributed by atoms with E-state index in [0.29, 0.717) is 29.4 Å². The maximum absolute atomic E-state index is 13.6. The zero-order chi connectivity index (χ0) is 25.5. The first kappa shape index (κ1) is 24.1. The standard InChI is InChI=1S/C24H22F6N6/c25-23(26,27)15-4-6-16(7-5-15)32-20-17-8-13-35(21-18(24(28,29)30)3-1-10-31-21)14-9-19(17)33-22(34-20)36-11-2-12-36/h1,3-8,10,20,32H,2,9,11-14H2. The second-order valence-electron chi connectivity index (χ2n) is 8.68. The number of guanidine groups is 1. The lowest BCUT2D eigenvalue weighted by molar-refractivity contribution is -0.138. The number of aromatic nitrogens is 1. The Hall–Kier alpha value is -3.57. The summed E-state index contributed by atoms with van der Waals surface area (Å²) in [5, 5.41) is 3.17. The Morgan fingerprint density at radius 3 is 2.28 bits per heavy atom. The van der Waals surface area contributed by atoms with Crippen LogP contribution in [0.2, 0.25) is 0 Å². The monoisotopic (exact) mass is 508 g/mol. The predicted octanol–water partition coefficient (Wildman–Crippen LogP) is 5.21. The van der Waals surface area contributed by atoms with Gasteiger partial charge in [0, 0.05) is 50.1 Å². The summed E-state index contributed by atoms with van der Waals surface area (Å²) in [6.07, 6.45) is -5.19. The van der Waals surface area contributed by atoms with Crippen LogP contribution in [0.3, 0.4) is 0 Å². The van der Waals surface area contributed by atoms with E-state index >= 15 is 0 Å². The van der Waals surface area contributed by atoms with Crippen LogP contribution in [0.5, 0.6) is 0 Å². The average Bonchev–Trinajstić information content (AvgIpc) is 3.00. The van der Waals surface area contributed by atoms with Crippen molar-refractivity contribution in [2.24, 2.45) is 9.98 Å². The minimum Gasteiger partial charge on any atom is -0.360 e. The van der Waals surface area contributed by atoms with Crippen LogP contribution in [-0.4, -0.2) is 53.9 Å². The van der Waals surface area contributed by atoms with Crippen LogP contribution in [0.1, 0.15) is 24.0 Å².